The first-order valence-electron chi connectivity index (χ1n) is 7.27. The van der Waals surface area contributed by atoms with Crippen LogP contribution in [0.3, 0.4) is 0 Å². The van der Waals surface area contributed by atoms with E-state index in [1.807, 2.05) is 17.5 Å². The number of hydrogen-bond donors (Lipinski definition) is 3. The predicted molar refractivity (Wildman–Crippen MR) is 91.2 cm³/mol. The number of carbonyl (C=O) groups excluding carboxylic acids is 1. The maximum absolute atomic E-state index is 12.3. The van der Waals surface area contributed by atoms with Crippen molar-refractivity contribution in [3.05, 3.63) is 61.6 Å². The molecule has 3 rings (SSSR count). The SMILES string of the molecule is O=C(NCCn1c(=O)[nH]c2ncccc2c1=O)NCc1cccs1. The molecule has 24 heavy (non-hydrogen) atoms. The van der Waals surface area contributed by atoms with Crippen LogP contribution in [0.15, 0.2) is 45.4 Å². The highest BCUT2D eigenvalue weighted by Crippen LogP contribution is 2.06. The molecule has 0 aliphatic heterocycles. The Morgan fingerprint density at radius 2 is 2.12 bits per heavy atom. The number of rotatable bonds is 5. The third-order valence-corrected chi connectivity index (χ3v) is 4.25. The summed E-state index contributed by atoms with van der Waals surface area (Å²) < 4.78 is 1.05. The predicted octanol–water partition coefficient (Wildman–Crippen LogP) is 0.646. The lowest BCUT2D eigenvalue weighted by Gasteiger charge is -2.08. The zero-order chi connectivity index (χ0) is 16.9. The number of aromatic nitrogens is 3. The fourth-order valence-corrected chi connectivity index (χ4v) is 2.86. The molecule has 0 saturated heterocycles. The van der Waals surface area contributed by atoms with Crippen LogP contribution in [0, 0.1) is 0 Å². The maximum atomic E-state index is 12.3. The van der Waals surface area contributed by atoms with E-state index in [0.29, 0.717) is 11.9 Å². The van der Waals surface area contributed by atoms with Gasteiger partial charge in [0.15, 0.2) is 0 Å². The Bertz CT molecular complexity index is 961. The highest BCUT2D eigenvalue weighted by atomic mass is 32.1. The van der Waals surface area contributed by atoms with Crippen LogP contribution in [0.4, 0.5) is 4.79 Å². The van der Waals surface area contributed by atoms with E-state index in [9.17, 15) is 14.4 Å². The van der Waals surface area contributed by atoms with E-state index >= 15 is 0 Å². The minimum Gasteiger partial charge on any atom is -0.336 e. The zero-order valence-electron chi connectivity index (χ0n) is 12.6. The molecule has 0 saturated carbocycles. The number of amides is 2. The van der Waals surface area contributed by atoms with Crippen LogP contribution in [-0.2, 0) is 13.1 Å². The van der Waals surface area contributed by atoms with Gasteiger partial charge in [-0.2, -0.15) is 0 Å². The van der Waals surface area contributed by atoms with Gasteiger partial charge in [0.1, 0.15) is 5.65 Å². The normalized spacial score (nSPS) is 10.7. The summed E-state index contributed by atoms with van der Waals surface area (Å²) in [5, 5.41) is 7.60. The Morgan fingerprint density at radius 1 is 1.25 bits per heavy atom. The quantitative estimate of drug-likeness (QED) is 0.630. The summed E-state index contributed by atoms with van der Waals surface area (Å²) in [6.45, 7) is 0.669. The van der Waals surface area contributed by atoms with E-state index in [-0.39, 0.29) is 24.8 Å². The van der Waals surface area contributed by atoms with Crippen LogP contribution in [0.5, 0.6) is 0 Å². The highest BCUT2D eigenvalue weighted by molar-refractivity contribution is 7.09. The smallest absolute Gasteiger partial charge is 0.330 e. The lowest BCUT2D eigenvalue weighted by atomic mass is 10.3. The van der Waals surface area contributed by atoms with Gasteiger partial charge in [-0.05, 0) is 23.6 Å². The van der Waals surface area contributed by atoms with Crippen molar-refractivity contribution < 1.29 is 4.79 Å². The first-order chi connectivity index (χ1) is 11.6. The zero-order valence-corrected chi connectivity index (χ0v) is 13.4. The average molecular weight is 345 g/mol. The van der Waals surface area contributed by atoms with Crippen molar-refractivity contribution in [1.82, 2.24) is 25.2 Å². The third kappa shape index (κ3) is 3.51. The Hall–Kier alpha value is -2.94. The number of aromatic amines is 1. The molecule has 3 N–H and O–H groups in total. The second-order valence-electron chi connectivity index (χ2n) is 4.98. The molecule has 0 unspecified atom stereocenters. The van der Waals surface area contributed by atoms with Gasteiger partial charge in [0.2, 0.25) is 0 Å². The lowest BCUT2D eigenvalue weighted by Crippen LogP contribution is -2.41. The van der Waals surface area contributed by atoms with E-state index < -0.39 is 11.2 Å². The number of carbonyl (C=O) groups is 1. The molecule has 124 valence electrons. The van der Waals surface area contributed by atoms with Gasteiger partial charge in [-0.15, -0.1) is 11.3 Å². The van der Waals surface area contributed by atoms with Gasteiger partial charge in [0, 0.05) is 24.2 Å². The number of thiophene rings is 1. The van der Waals surface area contributed by atoms with Gasteiger partial charge >= 0.3 is 11.7 Å². The van der Waals surface area contributed by atoms with Crippen molar-refractivity contribution in [2.24, 2.45) is 0 Å². The molecule has 3 heterocycles. The molecule has 2 amide bonds. The van der Waals surface area contributed by atoms with Gasteiger partial charge in [-0.1, -0.05) is 6.07 Å². The van der Waals surface area contributed by atoms with Crippen molar-refractivity contribution in [2.45, 2.75) is 13.1 Å². The molecule has 0 bridgehead atoms. The molecule has 3 aromatic heterocycles. The fourth-order valence-electron chi connectivity index (χ4n) is 2.21. The van der Waals surface area contributed by atoms with Crippen molar-refractivity contribution in [2.75, 3.05) is 6.54 Å². The van der Waals surface area contributed by atoms with Gasteiger partial charge in [-0.3, -0.25) is 14.3 Å². The van der Waals surface area contributed by atoms with Crippen molar-refractivity contribution in [3.63, 3.8) is 0 Å². The standard InChI is InChI=1S/C15H15N5O3S/c21-13-11-4-1-5-16-12(11)19-15(23)20(13)7-6-17-14(22)18-9-10-3-2-8-24-10/h1-5,8H,6-7,9H2,(H,16,19,23)(H2,17,18,22). The molecule has 9 heteroatoms. The van der Waals surface area contributed by atoms with Gasteiger partial charge < -0.3 is 10.6 Å². The molecule has 0 aliphatic rings. The molecular weight excluding hydrogens is 330 g/mol. The van der Waals surface area contributed by atoms with Gasteiger partial charge in [0.05, 0.1) is 11.9 Å². The van der Waals surface area contributed by atoms with Crippen LogP contribution in [-0.4, -0.2) is 27.1 Å². The Labute approximate surface area is 140 Å². The lowest BCUT2D eigenvalue weighted by molar-refractivity contribution is 0.240. The summed E-state index contributed by atoms with van der Waals surface area (Å²) in [6.07, 6.45) is 1.50. The van der Waals surface area contributed by atoms with E-state index in [4.69, 9.17) is 0 Å². The highest BCUT2D eigenvalue weighted by Gasteiger charge is 2.08. The fraction of sp³-hybridized carbons (Fsp3) is 0.200. The second kappa shape index (κ2) is 7.09. The number of nitrogens with zero attached hydrogens (tertiary/aromatic N) is 2. The number of pyridine rings is 1. The molecule has 3 aromatic rings. The average Bonchev–Trinajstić information content (AvgIpc) is 3.09. The monoisotopic (exact) mass is 345 g/mol. The van der Waals surface area contributed by atoms with E-state index in [2.05, 4.69) is 20.6 Å². The van der Waals surface area contributed by atoms with Crippen LogP contribution >= 0.6 is 11.3 Å². The molecule has 0 aliphatic carbocycles. The van der Waals surface area contributed by atoms with E-state index in [1.165, 1.54) is 6.20 Å². The Balaban J connectivity index is 1.60. The Kier molecular flexibility index (Phi) is 4.71. The summed E-state index contributed by atoms with van der Waals surface area (Å²) in [5.41, 5.74) is -0.722. The molecule has 0 radical (unpaired) electrons. The maximum Gasteiger partial charge on any atom is 0.330 e. The summed E-state index contributed by atoms with van der Waals surface area (Å²) in [5.74, 6) is 0. The molecule has 0 atom stereocenters. The van der Waals surface area contributed by atoms with E-state index in [0.717, 1.165) is 9.44 Å². The van der Waals surface area contributed by atoms with Crippen LogP contribution < -0.4 is 21.9 Å². The first kappa shape index (κ1) is 15.9. The van der Waals surface area contributed by atoms with Crippen LogP contribution in [0.1, 0.15) is 4.88 Å². The van der Waals surface area contributed by atoms with Crippen LogP contribution in [0.25, 0.3) is 11.0 Å². The minimum atomic E-state index is -0.549. The minimum absolute atomic E-state index is 0.0748. The molecular formula is C15H15N5O3S. The largest absolute Gasteiger partial charge is 0.336 e. The summed E-state index contributed by atoms with van der Waals surface area (Å²) in [7, 11) is 0. The van der Waals surface area contributed by atoms with E-state index in [1.54, 1.807) is 23.5 Å². The Morgan fingerprint density at radius 3 is 2.92 bits per heavy atom. The first-order valence-corrected chi connectivity index (χ1v) is 8.15. The number of fused-ring (bicyclic) bond motifs is 1. The van der Waals surface area contributed by atoms with Crippen molar-refractivity contribution >= 4 is 28.4 Å². The molecule has 0 spiro atoms. The number of urea groups is 1. The van der Waals surface area contributed by atoms with Crippen molar-refractivity contribution in [1.29, 1.82) is 0 Å². The number of H-pyrrole nitrogens is 1. The number of nitrogens with one attached hydrogen (secondary N) is 3. The summed E-state index contributed by atoms with van der Waals surface area (Å²) >= 11 is 1.55. The van der Waals surface area contributed by atoms with Crippen LogP contribution in [0.2, 0.25) is 0 Å². The second-order valence-corrected chi connectivity index (χ2v) is 6.01. The van der Waals surface area contributed by atoms with Crippen molar-refractivity contribution in [3.8, 4) is 0 Å². The molecule has 0 aromatic carbocycles. The topological polar surface area (TPSA) is 109 Å². The third-order valence-electron chi connectivity index (χ3n) is 3.38. The summed E-state index contributed by atoms with van der Waals surface area (Å²) in [6, 6.07) is 6.70. The summed E-state index contributed by atoms with van der Waals surface area (Å²) in [4.78, 5) is 43.5. The van der Waals surface area contributed by atoms with Gasteiger partial charge in [0.25, 0.3) is 5.56 Å². The molecule has 0 fully saturated rings. The van der Waals surface area contributed by atoms with Gasteiger partial charge in [-0.25, -0.2) is 14.6 Å². The number of hydrogen-bond acceptors (Lipinski definition) is 5. The molecule has 8 nitrogen and oxygen atoms in total.